The van der Waals surface area contributed by atoms with Crippen molar-refractivity contribution in [2.75, 3.05) is 13.1 Å². The Bertz CT molecular complexity index is 339. The Morgan fingerprint density at radius 3 is 2.73 bits per heavy atom. The molecular weight excluding hydrogens is 190 g/mol. The largest absolute Gasteiger partial charge is 0.381 e. The first-order chi connectivity index (χ1) is 7.22. The molecule has 1 heterocycles. The Balaban J connectivity index is 1.96. The molecule has 3 heteroatoms. The monoisotopic (exact) mass is 205 g/mol. The molecule has 0 aromatic heterocycles. The lowest BCUT2D eigenvalue weighted by Gasteiger charge is -2.17. The van der Waals surface area contributed by atoms with Gasteiger partial charge in [-0.1, -0.05) is 30.3 Å². The predicted octanol–water partition coefficient (Wildman–Crippen LogP) is 0.822. The molecule has 0 saturated carbocycles. The summed E-state index contributed by atoms with van der Waals surface area (Å²) in [6.07, 6.45) is 1.21. The summed E-state index contributed by atoms with van der Waals surface area (Å²) in [5, 5.41) is 9.74. The van der Waals surface area contributed by atoms with Crippen LogP contribution in [-0.2, 0) is 11.3 Å². The molecule has 0 amide bonds. The number of β-amino-alcohol motifs (C(OH)–C–C–N with tert-alkyl or cyclic N) is 1. The van der Waals surface area contributed by atoms with Crippen molar-refractivity contribution in [2.24, 2.45) is 0 Å². The van der Waals surface area contributed by atoms with E-state index in [2.05, 4.69) is 17.0 Å². The number of hydrogen-bond donors (Lipinski definition) is 1. The summed E-state index contributed by atoms with van der Waals surface area (Å²) in [6, 6.07) is 10.1. The highest BCUT2D eigenvalue weighted by atomic mass is 16.3. The number of nitrogens with zero attached hydrogens (tertiary/aromatic N) is 1. The van der Waals surface area contributed by atoms with Gasteiger partial charge in [-0.3, -0.25) is 4.90 Å². The van der Waals surface area contributed by atoms with E-state index in [4.69, 9.17) is 0 Å². The maximum Gasteiger partial charge on any atom is 0.152 e. The number of carbonyl (C=O) groups excluding carboxylic acids is 1. The third kappa shape index (κ3) is 2.43. The van der Waals surface area contributed by atoms with Gasteiger partial charge in [0.2, 0.25) is 0 Å². The fourth-order valence-electron chi connectivity index (χ4n) is 1.97. The van der Waals surface area contributed by atoms with Crippen LogP contribution in [0.2, 0.25) is 0 Å². The van der Waals surface area contributed by atoms with Gasteiger partial charge in [0, 0.05) is 19.6 Å². The van der Waals surface area contributed by atoms with E-state index in [-0.39, 0.29) is 0 Å². The third-order valence-corrected chi connectivity index (χ3v) is 2.83. The van der Waals surface area contributed by atoms with Crippen molar-refractivity contribution in [3.8, 4) is 0 Å². The molecule has 2 rings (SSSR count). The zero-order chi connectivity index (χ0) is 10.7. The molecule has 0 spiro atoms. The number of aldehydes is 1. The van der Waals surface area contributed by atoms with E-state index in [1.807, 2.05) is 18.2 Å². The summed E-state index contributed by atoms with van der Waals surface area (Å²) >= 11 is 0. The van der Waals surface area contributed by atoms with Crippen LogP contribution in [0.15, 0.2) is 30.3 Å². The van der Waals surface area contributed by atoms with E-state index in [9.17, 15) is 9.90 Å². The second-order valence-electron chi connectivity index (χ2n) is 4.17. The average Bonchev–Trinajstić information content (AvgIpc) is 2.63. The highest BCUT2D eigenvalue weighted by Crippen LogP contribution is 2.20. The van der Waals surface area contributed by atoms with Crippen LogP contribution in [0.1, 0.15) is 12.0 Å². The Morgan fingerprint density at radius 1 is 1.40 bits per heavy atom. The molecule has 15 heavy (non-hydrogen) atoms. The quantitative estimate of drug-likeness (QED) is 0.743. The second-order valence-corrected chi connectivity index (χ2v) is 4.17. The zero-order valence-corrected chi connectivity index (χ0v) is 8.60. The van der Waals surface area contributed by atoms with Gasteiger partial charge in [-0.15, -0.1) is 0 Å². The van der Waals surface area contributed by atoms with Crippen molar-refractivity contribution in [2.45, 2.75) is 18.6 Å². The number of aliphatic hydroxyl groups is 1. The maximum atomic E-state index is 10.7. The Labute approximate surface area is 89.3 Å². The molecule has 3 nitrogen and oxygen atoms in total. The topological polar surface area (TPSA) is 40.5 Å². The molecule has 1 aliphatic heterocycles. The van der Waals surface area contributed by atoms with Gasteiger partial charge in [-0.2, -0.15) is 0 Å². The van der Waals surface area contributed by atoms with Crippen molar-refractivity contribution >= 4 is 6.29 Å². The molecule has 0 radical (unpaired) electrons. The lowest BCUT2D eigenvalue weighted by Crippen LogP contribution is -2.34. The molecule has 0 aliphatic carbocycles. The zero-order valence-electron chi connectivity index (χ0n) is 8.60. The fourth-order valence-corrected chi connectivity index (χ4v) is 1.97. The van der Waals surface area contributed by atoms with E-state index in [1.165, 1.54) is 5.56 Å². The van der Waals surface area contributed by atoms with Crippen LogP contribution < -0.4 is 0 Å². The molecule has 0 bridgehead atoms. The first-order valence-electron chi connectivity index (χ1n) is 5.17. The molecule has 1 saturated heterocycles. The minimum Gasteiger partial charge on any atom is -0.381 e. The predicted molar refractivity (Wildman–Crippen MR) is 57.3 cm³/mol. The normalized spacial score (nSPS) is 26.7. The summed E-state index contributed by atoms with van der Waals surface area (Å²) in [4.78, 5) is 12.8. The van der Waals surface area contributed by atoms with Crippen LogP contribution in [-0.4, -0.2) is 35.0 Å². The van der Waals surface area contributed by atoms with E-state index in [0.29, 0.717) is 19.3 Å². The summed E-state index contributed by atoms with van der Waals surface area (Å²) in [5.41, 5.74) is 0.0991. The number of hydrogen-bond acceptors (Lipinski definition) is 3. The first kappa shape index (κ1) is 10.3. The van der Waals surface area contributed by atoms with Gasteiger partial charge in [0.15, 0.2) is 6.29 Å². The van der Waals surface area contributed by atoms with Crippen LogP contribution in [0.25, 0.3) is 0 Å². The van der Waals surface area contributed by atoms with Gasteiger partial charge in [-0.05, 0) is 12.0 Å². The number of rotatable bonds is 3. The van der Waals surface area contributed by atoms with Gasteiger partial charge in [0.25, 0.3) is 0 Å². The molecule has 1 aromatic rings. The Hall–Kier alpha value is -1.19. The van der Waals surface area contributed by atoms with Crippen LogP contribution >= 0.6 is 0 Å². The minimum atomic E-state index is -1.12. The van der Waals surface area contributed by atoms with Gasteiger partial charge in [0.1, 0.15) is 5.60 Å². The average molecular weight is 205 g/mol. The standard InChI is InChI=1S/C12H15NO2/c14-10-12(15)6-7-13(9-12)8-11-4-2-1-3-5-11/h1-5,10,15H,6-9H2. The number of likely N-dealkylation sites (tertiary alicyclic amines) is 1. The summed E-state index contributed by atoms with van der Waals surface area (Å²) in [5.74, 6) is 0. The second kappa shape index (κ2) is 4.13. The summed E-state index contributed by atoms with van der Waals surface area (Å²) < 4.78 is 0. The van der Waals surface area contributed by atoms with Crippen LogP contribution in [0.4, 0.5) is 0 Å². The van der Waals surface area contributed by atoms with Crippen molar-refractivity contribution in [3.05, 3.63) is 35.9 Å². The number of benzene rings is 1. The Morgan fingerprint density at radius 2 is 2.13 bits per heavy atom. The fraction of sp³-hybridized carbons (Fsp3) is 0.417. The van der Waals surface area contributed by atoms with Gasteiger partial charge in [-0.25, -0.2) is 0 Å². The molecule has 1 unspecified atom stereocenters. The SMILES string of the molecule is O=CC1(O)CCN(Cc2ccccc2)C1. The molecular formula is C12H15NO2. The summed E-state index contributed by atoms with van der Waals surface area (Å²) in [7, 11) is 0. The van der Waals surface area contributed by atoms with Gasteiger partial charge >= 0.3 is 0 Å². The van der Waals surface area contributed by atoms with E-state index in [0.717, 1.165) is 13.1 Å². The Kier molecular flexibility index (Phi) is 2.84. The van der Waals surface area contributed by atoms with Crippen molar-refractivity contribution in [1.29, 1.82) is 0 Å². The van der Waals surface area contributed by atoms with Crippen LogP contribution in [0.5, 0.6) is 0 Å². The van der Waals surface area contributed by atoms with Crippen LogP contribution in [0, 0.1) is 0 Å². The molecule has 1 fully saturated rings. The molecule has 1 atom stereocenters. The highest BCUT2D eigenvalue weighted by molar-refractivity contribution is 5.63. The third-order valence-electron chi connectivity index (χ3n) is 2.83. The minimum absolute atomic E-state index is 0.450. The van der Waals surface area contributed by atoms with Gasteiger partial charge in [0.05, 0.1) is 0 Å². The van der Waals surface area contributed by atoms with Gasteiger partial charge < -0.3 is 9.90 Å². The van der Waals surface area contributed by atoms with Crippen LogP contribution in [0.3, 0.4) is 0 Å². The van der Waals surface area contributed by atoms with E-state index in [1.54, 1.807) is 0 Å². The van der Waals surface area contributed by atoms with Crippen molar-refractivity contribution < 1.29 is 9.90 Å². The number of carbonyl (C=O) groups is 1. The van der Waals surface area contributed by atoms with Crippen molar-refractivity contribution in [1.82, 2.24) is 4.90 Å². The molecule has 1 aliphatic rings. The smallest absolute Gasteiger partial charge is 0.152 e. The molecule has 1 aromatic carbocycles. The van der Waals surface area contributed by atoms with E-state index >= 15 is 0 Å². The van der Waals surface area contributed by atoms with Crippen molar-refractivity contribution in [3.63, 3.8) is 0 Å². The maximum absolute atomic E-state index is 10.7. The van der Waals surface area contributed by atoms with E-state index < -0.39 is 5.60 Å². The first-order valence-corrected chi connectivity index (χ1v) is 5.17. The lowest BCUT2D eigenvalue weighted by atomic mass is 10.1. The molecule has 1 N–H and O–H groups in total. The highest BCUT2D eigenvalue weighted by Gasteiger charge is 2.35. The lowest BCUT2D eigenvalue weighted by molar-refractivity contribution is -0.122. The summed E-state index contributed by atoms with van der Waals surface area (Å²) in [6.45, 7) is 2.03. The molecule has 80 valence electrons.